The summed E-state index contributed by atoms with van der Waals surface area (Å²) in [4.78, 5) is 0. The van der Waals surface area contributed by atoms with E-state index in [9.17, 15) is 5.26 Å². The van der Waals surface area contributed by atoms with Gasteiger partial charge in [0.1, 0.15) is 18.2 Å². The number of nitriles is 1. The Balaban J connectivity index is 1.37. The van der Waals surface area contributed by atoms with Crippen molar-refractivity contribution in [1.82, 2.24) is 0 Å². The van der Waals surface area contributed by atoms with Crippen molar-refractivity contribution >= 4 is 21.9 Å². The zero-order chi connectivity index (χ0) is 26.5. The summed E-state index contributed by atoms with van der Waals surface area (Å²) >= 11 is 0. The number of nitrogens with zero attached hydrogens (tertiary/aromatic N) is 2. The van der Waals surface area contributed by atoms with Crippen LogP contribution in [0.5, 0.6) is 0 Å². The van der Waals surface area contributed by atoms with E-state index in [0.29, 0.717) is 11.5 Å². The smallest absolute Gasteiger partial charge is 0.216 e. The van der Waals surface area contributed by atoms with Crippen LogP contribution >= 0.6 is 0 Å². The van der Waals surface area contributed by atoms with Gasteiger partial charge in [-0.05, 0) is 72.4 Å². The highest BCUT2D eigenvalue weighted by molar-refractivity contribution is 6.14. The number of furan rings is 1. The third kappa shape index (κ3) is 3.97. The van der Waals surface area contributed by atoms with E-state index in [4.69, 9.17) is 4.42 Å². The highest BCUT2D eigenvalue weighted by Gasteiger charge is 2.35. The molecule has 2 heterocycles. The van der Waals surface area contributed by atoms with Gasteiger partial charge in [-0.15, -0.1) is 0 Å². The van der Waals surface area contributed by atoms with Crippen LogP contribution in [-0.2, 0) is 7.05 Å². The molecule has 2 saturated carbocycles. The minimum Gasteiger partial charge on any atom is -0.454 e. The molecule has 0 amide bonds. The Morgan fingerprint density at radius 2 is 1.54 bits per heavy atom. The maximum atomic E-state index is 10.1. The predicted octanol–water partition coefficient (Wildman–Crippen LogP) is 9.00. The van der Waals surface area contributed by atoms with Crippen molar-refractivity contribution in [2.75, 3.05) is 0 Å². The number of hydrogen-bond donors (Lipinski definition) is 0. The van der Waals surface area contributed by atoms with Crippen molar-refractivity contribution < 1.29 is 8.98 Å². The van der Waals surface area contributed by atoms with Crippen LogP contribution in [0.4, 0.5) is 0 Å². The minimum atomic E-state index is 0.655. The molecule has 5 aromatic rings. The highest BCUT2D eigenvalue weighted by Crippen LogP contribution is 2.49. The van der Waals surface area contributed by atoms with E-state index >= 15 is 0 Å². The average Bonchev–Trinajstić information content (AvgIpc) is 3.35. The summed E-state index contributed by atoms with van der Waals surface area (Å²) in [5.41, 5.74) is 9.15. The van der Waals surface area contributed by atoms with Crippen LogP contribution in [0.3, 0.4) is 0 Å². The molecule has 194 valence electrons. The predicted molar refractivity (Wildman–Crippen MR) is 157 cm³/mol. The average molecular weight is 512 g/mol. The van der Waals surface area contributed by atoms with Gasteiger partial charge in [-0.1, -0.05) is 68.5 Å². The van der Waals surface area contributed by atoms with E-state index in [0.717, 1.165) is 56.2 Å². The molecule has 3 heteroatoms. The molecular weight excluding hydrogens is 476 g/mol. The number of benzene rings is 3. The van der Waals surface area contributed by atoms with Crippen molar-refractivity contribution in [2.24, 2.45) is 18.9 Å². The molecule has 3 nitrogen and oxygen atoms in total. The standard InChI is InChI=1S/C36H35N2O/c1-23-13-19-30-31-20-18-27(22-37)34(36(31)39-35(30)33(23)32-12-5-6-21-38(32)2)26-16-14-25(15-17-26)29-11-7-9-24-8-3-4-10-28(24)29/h5-6,12-21,24,28-29H,3-4,7-11H2,1-2H3/q+1. The lowest BCUT2D eigenvalue weighted by Crippen LogP contribution is -2.30. The van der Waals surface area contributed by atoms with Crippen LogP contribution in [0.1, 0.15) is 67.6 Å². The molecule has 3 aromatic carbocycles. The van der Waals surface area contributed by atoms with Crippen LogP contribution in [0, 0.1) is 30.1 Å². The molecule has 0 spiro atoms. The van der Waals surface area contributed by atoms with Gasteiger partial charge in [-0.3, -0.25) is 0 Å². The van der Waals surface area contributed by atoms with Gasteiger partial charge in [-0.2, -0.15) is 5.26 Å². The van der Waals surface area contributed by atoms with Gasteiger partial charge in [0, 0.05) is 28.5 Å². The lowest BCUT2D eigenvalue weighted by atomic mass is 9.64. The molecule has 0 aliphatic heterocycles. The van der Waals surface area contributed by atoms with Crippen LogP contribution in [0.25, 0.3) is 44.3 Å². The van der Waals surface area contributed by atoms with Crippen LogP contribution in [0.15, 0.2) is 77.3 Å². The summed E-state index contributed by atoms with van der Waals surface area (Å²) in [6.07, 6.45) is 11.7. The molecule has 3 atom stereocenters. The van der Waals surface area contributed by atoms with Crippen molar-refractivity contribution in [3.8, 4) is 28.5 Å². The summed E-state index contributed by atoms with van der Waals surface area (Å²) in [7, 11) is 2.07. The van der Waals surface area contributed by atoms with Gasteiger partial charge in [0.2, 0.25) is 5.69 Å². The van der Waals surface area contributed by atoms with E-state index in [1.54, 1.807) is 0 Å². The van der Waals surface area contributed by atoms with Crippen molar-refractivity contribution in [3.63, 3.8) is 0 Å². The van der Waals surface area contributed by atoms with Crippen LogP contribution in [-0.4, -0.2) is 0 Å². The Morgan fingerprint density at radius 3 is 2.33 bits per heavy atom. The maximum absolute atomic E-state index is 10.1. The highest BCUT2D eigenvalue weighted by atomic mass is 16.3. The topological polar surface area (TPSA) is 40.8 Å². The van der Waals surface area contributed by atoms with E-state index in [1.165, 1.54) is 56.1 Å². The summed E-state index contributed by atoms with van der Waals surface area (Å²) in [6.45, 7) is 2.14. The van der Waals surface area contributed by atoms with Gasteiger partial charge >= 0.3 is 0 Å². The molecule has 2 aromatic heterocycles. The Morgan fingerprint density at radius 1 is 0.795 bits per heavy atom. The second-order valence-electron chi connectivity index (χ2n) is 11.8. The normalized spacial score (nSPS) is 21.1. The van der Waals surface area contributed by atoms with Gasteiger partial charge in [0.15, 0.2) is 6.20 Å². The molecule has 0 saturated heterocycles. The molecule has 2 aliphatic rings. The molecule has 39 heavy (non-hydrogen) atoms. The van der Waals surface area contributed by atoms with E-state index in [2.05, 4.69) is 79.3 Å². The zero-order valence-corrected chi connectivity index (χ0v) is 22.9. The number of pyridine rings is 1. The molecular formula is C36H35N2O+. The van der Waals surface area contributed by atoms with E-state index in [1.807, 2.05) is 18.2 Å². The first-order valence-electron chi connectivity index (χ1n) is 14.6. The molecule has 2 aliphatic carbocycles. The summed E-state index contributed by atoms with van der Waals surface area (Å²) in [5, 5.41) is 12.3. The fraction of sp³-hybridized carbons (Fsp3) is 0.333. The zero-order valence-electron chi connectivity index (χ0n) is 22.9. The van der Waals surface area contributed by atoms with Crippen LogP contribution < -0.4 is 4.57 Å². The number of hydrogen-bond acceptors (Lipinski definition) is 2. The Hall–Kier alpha value is -3.90. The lowest BCUT2D eigenvalue weighted by Gasteiger charge is -2.41. The Bertz CT molecular complexity index is 1730. The molecule has 0 N–H and O–H groups in total. The molecule has 7 rings (SSSR count). The number of rotatable bonds is 3. The van der Waals surface area contributed by atoms with E-state index in [-0.39, 0.29) is 0 Å². The molecule has 0 bridgehead atoms. The van der Waals surface area contributed by atoms with Gasteiger partial charge < -0.3 is 4.42 Å². The largest absolute Gasteiger partial charge is 0.454 e. The second-order valence-corrected chi connectivity index (χ2v) is 11.8. The Labute approximate surface area is 230 Å². The van der Waals surface area contributed by atoms with Crippen LogP contribution in [0.2, 0.25) is 0 Å². The summed E-state index contributed by atoms with van der Waals surface area (Å²) in [5.74, 6) is 2.43. The molecule has 0 radical (unpaired) electrons. The quantitative estimate of drug-likeness (QED) is 0.227. The molecule has 2 fully saturated rings. The van der Waals surface area contributed by atoms with Crippen molar-refractivity contribution in [2.45, 2.75) is 57.8 Å². The summed E-state index contributed by atoms with van der Waals surface area (Å²) in [6, 6.07) is 26.2. The molecule has 3 unspecified atom stereocenters. The monoisotopic (exact) mass is 511 g/mol. The van der Waals surface area contributed by atoms with E-state index < -0.39 is 0 Å². The Kier molecular flexibility index (Phi) is 6.00. The second kappa shape index (κ2) is 9.69. The van der Waals surface area contributed by atoms with Crippen molar-refractivity contribution in [1.29, 1.82) is 5.26 Å². The SMILES string of the molecule is Cc1ccc2c(oc3c(-c4ccc(C5CCCC6CCCCC65)cc4)c(C#N)ccc32)c1-c1cccc[n+]1C. The fourth-order valence-electron chi connectivity index (χ4n) is 7.73. The minimum absolute atomic E-state index is 0.655. The van der Waals surface area contributed by atoms with Crippen molar-refractivity contribution in [3.05, 3.63) is 89.6 Å². The number of aromatic nitrogens is 1. The fourth-order valence-corrected chi connectivity index (χ4v) is 7.73. The van der Waals surface area contributed by atoms with Gasteiger partial charge in [0.05, 0.1) is 17.2 Å². The number of aryl methyl sites for hydroxylation is 2. The lowest BCUT2D eigenvalue weighted by molar-refractivity contribution is -0.660. The number of fused-ring (bicyclic) bond motifs is 4. The summed E-state index contributed by atoms with van der Waals surface area (Å²) < 4.78 is 8.89. The first-order valence-corrected chi connectivity index (χ1v) is 14.6. The first kappa shape index (κ1) is 24.2. The van der Waals surface area contributed by atoms with Gasteiger partial charge in [-0.25, -0.2) is 4.57 Å². The third-order valence-electron chi connectivity index (χ3n) is 9.65. The van der Waals surface area contributed by atoms with Gasteiger partial charge in [0.25, 0.3) is 0 Å². The first-order chi connectivity index (χ1) is 19.1. The third-order valence-corrected chi connectivity index (χ3v) is 9.65. The maximum Gasteiger partial charge on any atom is 0.216 e.